The molecule has 0 saturated carbocycles. The summed E-state index contributed by atoms with van der Waals surface area (Å²) in [7, 11) is 0. The summed E-state index contributed by atoms with van der Waals surface area (Å²) in [6.45, 7) is 16.6. The fourth-order valence-corrected chi connectivity index (χ4v) is 4.24. The number of ether oxygens (including phenoxy) is 1. The first-order chi connectivity index (χ1) is 13.8. The minimum absolute atomic E-state index is 0.0399. The van der Waals surface area contributed by atoms with Crippen LogP contribution in [0.4, 0.5) is 5.69 Å². The number of amides is 1. The number of nitrogens with one attached hydrogen (secondary N) is 1. The van der Waals surface area contributed by atoms with Crippen molar-refractivity contribution in [2.75, 3.05) is 11.9 Å². The Morgan fingerprint density at radius 2 is 1.63 bits per heavy atom. The van der Waals surface area contributed by atoms with E-state index < -0.39 is 5.60 Å². The lowest BCUT2D eigenvalue weighted by Crippen LogP contribution is -2.21. The van der Waals surface area contributed by atoms with Crippen molar-refractivity contribution in [3.8, 4) is 5.75 Å². The number of rotatable bonds is 4. The van der Waals surface area contributed by atoms with E-state index in [1.54, 1.807) is 13.8 Å². The van der Waals surface area contributed by atoms with Gasteiger partial charge in [0, 0.05) is 23.6 Å². The molecule has 1 amide bonds. The van der Waals surface area contributed by atoms with Crippen LogP contribution in [0.5, 0.6) is 5.75 Å². The van der Waals surface area contributed by atoms with Crippen molar-refractivity contribution in [2.24, 2.45) is 5.41 Å². The van der Waals surface area contributed by atoms with Crippen molar-refractivity contribution in [2.45, 2.75) is 73.3 Å². The Bertz CT molecular complexity index is 960. The number of carbonyl (C=O) groups is 1. The topological polar surface area (TPSA) is 58.6 Å². The van der Waals surface area contributed by atoms with Gasteiger partial charge in [0.25, 0.3) is 0 Å². The zero-order chi connectivity index (χ0) is 22.4. The van der Waals surface area contributed by atoms with Gasteiger partial charge in [-0.1, -0.05) is 45.0 Å². The molecule has 0 aromatic heterocycles. The van der Waals surface area contributed by atoms with E-state index in [1.165, 1.54) is 0 Å². The van der Waals surface area contributed by atoms with Gasteiger partial charge in [0.05, 0.1) is 12.2 Å². The second-order valence-corrected chi connectivity index (χ2v) is 10.3. The maximum absolute atomic E-state index is 12.7. The van der Waals surface area contributed by atoms with Crippen LogP contribution in [0.2, 0.25) is 0 Å². The predicted molar refractivity (Wildman–Crippen MR) is 122 cm³/mol. The zero-order valence-electron chi connectivity index (χ0n) is 19.6. The van der Waals surface area contributed by atoms with Gasteiger partial charge in [0.2, 0.25) is 5.91 Å². The fourth-order valence-electron chi connectivity index (χ4n) is 4.24. The number of hydrogen-bond donors (Lipinski definition) is 2. The molecule has 2 N–H and O–H groups in total. The van der Waals surface area contributed by atoms with Crippen LogP contribution < -0.4 is 10.1 Å². The maximum atomic E-state index is 12.7. The lowest BCUT2D eigenvalue weighted by atomic mass is 9.85. The van der Waals surface area contributed by atoms with Crippen LogP contribution in [0.3, 0.4) is 0 Å². The van der Waals surface area contributed by atoms with Gasteiger partial charge in [-0.2, -0.15) is 0 Å². The number of hydrogen-bond acceptors (Lipinski definition) is 3. The van der Waals surface area contributed by atoms with Gasteiger partial charge in [-0.25, -0.2) is 0 Å². The largest absolute Gasteiger partial charge is 0.492 e. The molecule has 0 radical (unpaired) electrons. The van der Waals surface area contributed by atoms with E-state index in [0.717, 1.165) is 44.8 Å². The third-order valence-corrected chi connectivity index (χ3v) is 6.02. The average molecular weight is 410 g/mol. The lowest BCUT2D eigenvalue weighted by Gasteiger charge is -2.23. The van der Waals surface area contributed by atoms with Crippen molar-refractivity contribution in [3.63, 3.8) is 0 Å². The van der Waals surface area contributed by atoms with Crippen LogP contribution in [0.15, 0.2) is 24.3 Å². The van der Waals surface area contributed by atoms with Gasteiger partial charge in [-0.05, 0) is 67.9 Å². The molecule has 0 bridgehead atoms. The summed E-state index contributed by atoms with van der Waals surface area (Å²) in [6, 6.07) is 8.11. The maximum Gasteiger partial charge on any atom is 0.224 e. The molecule has 1 unspecified atom stereocenters. The minimum atomic E-state index is -0.864. The summed E-state index contributed by atoms with van der Waals surface area (Å²) in [4.78, 5) is 12.7. The van der Waals surface area contributed by atoms with Crippen LogP contribution in [0.1, 0.15) is 80.3 Å². The van der Waals surface area contributed by atoms with Crippen LogP contribution in [-0.4, -0.2) is 17.6 Å². The van der Waals surface area contributed by atoms with Crippen molar-refractivity contribution in [1.82, 2.24) is 0 Å². The summed E-state index contributed by atoms with van der Waals surface area (Å²) < 4.78 is 6.13. The highest BCUT2D eigenvalue weighted by Crippen LogP contribution is 2.47. The first-order valence-corrected chi connectivity index (χ1v) is 10.7. The van der Waals surface area contributed by atoms with Crippen molar-refractivity contribution >= 4 is 11.6 Å². The molecule has 2 aromatic rings. The van der Waals surface area contributed by atoms with Gasteiger partial charge in [-0.3, -0.25) is 4.79 Å². The van der Waals surface area contributed by atoms with E-state index in [2.05, 4.69) is 52.1 Å². The Labute approximate surface area is 180 Å². The molecule has 1 aliphatic rings. The van der Waals surface area contributed by atoms with E-state index in [9.17, 15) is 9.90 Å². The summed E-state index contributed by atoms with van der Waals surface area (Å²) in [5.41, 5.74) is 6.39. The second-order valence-electron chi connectivity index (χ2n) is 10.3. The molecular formula is C26H35NO3. The molecule has 4 nitrogen and oxygen atoms in total. The average Bonchev–Trinajstić information content (AvgIpc) is 3.07. The molecule has 0 fully saturated rings. The molecule has 0 spiro atoms. The Morgan fingerprint density at radius 3 is 2.17 bits per heavy atom. The van der Waals surface area contributed by atoms with E-state index in [1.807, 2.05) is 19.1 Å². The Balaban J connectivity index is 2.01. The number of anilines is 1. The summed E-state index contributed by atoms with van der Waals surface area (Å²) >= 11 is 0. The van der Waals surface area contributed by atoms with E-state index >= 15 is 0 Å². The van der Waals surface area contributed by atoms with Gasteiger partial charge >= 0.3 is 0 Å². The molecule has 4 heteroatoms. The van der Waals surface area contributed by atoms with Gasteiger partial charge in [0.15, 0.2) is 0 Å². The van der Waals surface area contributed by atoms with Gasteiger partial charge in [0.1, 0.15) is 5.75 Å². The standard InChI is InChI=1S/C26H35NO3/c1-15-16(2)24-22(17(3)23(15)27-21(28)13-25(4,5)6)20(14-30-24)18-9-11-19(12-10-18)26(7,8)29/h9-12,20,29H,13-14H2,1-8H3,(H,27,28). The zero-order valence-corrected chi connectivity index (χ0v) is 19.6. The number of carbonyl (C=O) groups excluding carboxylic acids is 1. The summed E-state index contributed by atoms with van der Waals surface area (Å²) in [5.74, 6) is 1.09. The quantitative estimate of drug-likeness (QED) is 0.677. The van der Waals surface area contributed by atoms with Crippen molar-refractivity contribution in [1.29, 1.82) is 0 Å². The van der Waals surface area contributed by atoms with E-state index in [4.69, 9.17) is 4.74 Å². The fraction of sp³-hybridized carbons (Fsp3) is 0.500. The third-order valence-electron chi connectivity index (χ3n) is 6.02. The smallest absolute Gasteiger partial charge is 0.224 e. The molecule has 2 aromatic carbocycles. The van der Waals surface area contributed by atoms with E-state index in [-0.39, 0.29) is 17.2 Å². The second kappa shape index (κ2) is 7.73. The first kappa shape index (κ1) is 22.4. The lowest BCUT2D eigenvalue weighted by molar-refractivity contribution is -0.117. The molecule has 1 heterocycles. The molecular weight excluding hydrogens is 374 g/mol. The van der Waals surface area contributed by atoms with Crippen LogP contribution in [-0.2, 0) is 10.4 Å². The molecule has 1 aliphatic heterocycles. The molecule has 162 valence electrons. The van der Waals surface area contributed by atoms with Crippen molar-refractivity contribution in [3.05, 3.63) is 57.6 Å². The molecule has 1 atom stereocenters. The number of fused-ring (bicyclic) bond motifs is 1. The highest BCUT2D eigenvalue weighted by molar-refractivity contribution is 5.93. The molecule has 0 saturated heterocycles. The predicted octanol–water partition coefficient (Wildman–Crippen LogP) is 5.74. The Kier molecular flexibility index (Phi) is 5.76. The third kappa shape index (κ3) is 4.39. The monoisotopic (exact) mass is 409 g/mol. The first-order valence-electron chi connectivity index (χ1n) is 10.7. The summed E-state index contributed by atoms with van der Waals surface area (Å²) in [5, 5.41) is 13.4. The highest BCUT2D eigenvalue weighted by Gasteiger charge is 2.32. The van der Waals surface area contributed by atoms with Crippen molar-refractivity contribution < 1.29 is 14.6 Å². The van der Waals surface area contributed by atoms with Crippen LogP contribution in [0.25, 0.3) is 0 Å². The Morgan fingerprint density at radius 1 is 1.03 bits per heavy atom. The Hall–Kier alpha value is -2.33. The SMILES string of the molecule is Cc1c(C)c2c(c(C)c1NC(=O)CC(C)(C)C)C(c1ccc(C(C)(C)O)cc1)CO2. The molecule has 30 heavy (non-hydrogen) atoms. The van der Waals surface area contributed by atoms with Gasteiger partial charge < -0.3 is 15.2 Å². The number of benzene rings is 2. The number of aliphatic hydroxyl groups is 1. The van der Waals surface area contributed by atoms with Gasteiger partial charge in [-0.15, -0.1) is 0 Å². The van der Waals surface area contributed by atoms with E-state index in [0.29, 0.717) is 13.0 Å². The molecule has 0 aliphatic carbocycles. The highest BCUT2D eigenvalue weighted by atomic mass is 16.5. The normalized spacial score (nSPS) is 16.2. The van der Waals surface area contributed by atoms with Crippen LogP contribution in [0, 0.1) is 26.2 Å². The molecule has 3 rings (SSSR count). The van der Waals surface area contributed by atoms with Crippen LogP contribution >= 0.6 is 0 Å². The summed E-state index contributed by atoms with van der Waals surface area (Å²) in [6.07, 6.45) is 0.473. The minimum Gasteiger partial charge on any atom is -0.492 e.